The van der Waals surface area contributed by atoms with E-state index in [9.17, 15) is 4.79 Å². The molecule has 1 fully saturated rings. The Hall–Kier alpha value is -3.42. The molecule has 0 bridgehead atoms. The number of para-hydroxylation sites is 1. The van der Waals surface area contributed by atoms with Gasteiger partial charge in [0.15, 0.2) is 5.11 Å². The van der Waals surface area contributed by atoms with Gasteiger partial charge in [0, 0.05) is 18.7 Å². The number of nitrogens with one attached hydrogen (secondary N) is 2. The standard InChI is InChI=1S/C27H28N2O4S/c30-26(24-10-4-5-11-25(24)32-18-16-20-7-2-1-3-8-20)29-27(34)28-21-12-14-22(15-13-21)33-19-23-9-6-17-31-23/h1-5,7-8,10-15,23H,6,9,16-19H2,(H2,28,29,30,34). The molecule has 3 aromatic carbocycles. The molecular weight excluding hydrogens is 448 g/mol. The smallest absolute Gasteiger partial charge is 0.261 e. The predicted molar refractivity (Wildman–Crippen MR) is 137 cm³/mol. The molecule has 2 N–H and O–H groups in total. The summed E-state index contributed by atoms with van der Waals surface area (Å²) in [5.74, 6) is 0.952. The number of hydrogen-bond donors (Lipinski definition) is 2. The average Bonchev–Trinajstić information content (AvgIpc) is 3.38. The van der Waals surface area contributed by atoms with Gasteiger partial charge in [0.25, 0.3) is 5.91 Å². The minimum atomic E-state index is -0.329. The number of amides is 1. The maximum Gasteiger partial charge on any atom is 0.261 e. The Balaban J connectivity index is 1.26. The lowest BCUT2D eigenvalue weighted by Gasteiger charge is -2.14. The van der Waals surface area contributed by atoms with E-state index in [1.807, 2.05) is 48.5 Å². The molecule has 7 heteroatoms. The number of rotatable bonds is 9. The van der Waals surface area contributed by atoms with Crippen LogP contribution in [0.3, 0.4) is 0 Å². The molecule has 3 aromatic rings. The van der Waals surface area contributed by atoms with Crippen molar-refractivity contribution in [2.45, 2.75) is 25.4 Å². The molecule has 1 atom stereocenters. The quantitative estimate of drug-likeness (QED) is 0.424. The summed E-state index contributed by atoms with van der Waals surface area (Å²) in [5, 5.41) is 5.96. The first-order chi connectivity index (χ1) is 16.7. The summed E-state index contributed by atoms with van der Waals surface area (Å²) >= 11 is 5.33. The van der Waals surface area contributed by atoms with Gasteiger partial charge in [0.1, 0.15) is 18.1 Å². The van der Waals surface area contributed by atoms with Crippen LogP contribution < -0.4 is 20.1 Å². The highest BCUT2D eigenvalue weighted by Crippen LogP contribution is 2.20. The Morgan fingerprint density at radius 3 is 2.50 bits per heavy atom. The van der Waals surface area contributed by atoms with Crippen molar-refractivity contribution < 1.29 is 19.0 Å². The Labute approximate surface area is 205 Å². The van der Waals surface area contributed by atoms with Gasteiger partial charge in [0.2, 0.25) is 0 Å². The third kappa shape index (κ3) is 7.04. The molecule has 1 aliphatic rings. The number of benzene rings is 3. The molecule has 1 heterocycles. The van der Waals surface area contributed by atoms with Gasteiger partial charge in [-0.2, -0.15) is 0 Å². The number of hydrogen-bond acceptors (Lipinski definition) is 5. The van der Waals surface area contributed by atoms with Crippen molar-refractivity contribution in [2.75, 3.05) is 25.1 Å². The van der Waals surface area contributed by atoms with Gasteiger partial charge < -0.3 is 19.5 Å². The van der Waals surface area contributed by atoms with E-state index in [2.05, 4.69) is 22.8 Å². The molecule has 1 aliphatic heterocycles. The molecule has 0 radical (unpaired) electrons. The van der Waals surface area contributed by atoms with Crippen molar-refractivity contribution in [2.24, 2.45) is 0 Å². The first-order valence-electron chi connectivity index (χ1n) is 11.4. The van der Waals surface area contributed by atoms with Gasteiger partial charge in [-0.25, -0.2) is 0 Å². The van der Waals surface area contributed by atoms with Crippen molar-refractivity contribution in [3.63, 3.8) is 0 Å². The number of ether oxygens (including phenoxy) is 3. The molecule has 34 heavy (non-hydrogen) atoms. The Morgan fingerprint density at radius 1 is 0.971 bits per heavy atom. The minimum absolute atomic E-state index is 0.172. The molecule has 1 saturated heterocycles. The van der Waals surface area contributed by atoms with E-state index in [1.54, 1.807) is 18.2 Å². The SMILES string of the molecule is O=C(NC(=S)Nc1ccc(OCC2CCCO2)cc1)c1ccccc1OCCc1ccccc1. The van der Waals surface area contributed by atoms with Crippen LogP contribution in [0.5, 0.6) is 11.5 Å². The number of carbonyl (C=O) groups is 1. The van der Waals surface area contributed by atoms with Crippen LogP contribution in [0.15, 0.2) is 78.9 Å². The first kappa shape index (κ1) is 23.7. The molecule has 1 unspecified atom stereocenters. The van der Waals surface area contributed by atoms with Gasteiger partial charge in [-0.1, -0.05) is 42.5 Å². The average molecular weight is 477 g/mol. The summed E-state index contributed by atoms with van der Waals surface area (Å²) in [6, 6.07) is 24.6. The highest BCUT2D eigenvalue weighted by atomic mass is 32.1. The van der Waals surface area contributed by atoms with E-state index in [0.29, 0.717) is 24.5 Å². The maximum atomic E-state index is 12.8. The van der Waals surface area contributed by atoms with Crippen molar-refractivity contribution in [1.82, 2.24) is 5.32 Å². The second-order valence-electron chi connectivity index (χ2n) is 7.96. The van der Waals surface area contributed by atoms with E-state index in [-0.39, 0.29) is 17.1 Å². The fraction of sp³-hybridized carbons (Fsp3) is 0.259. The largest absolute Gasteiger partial charge is 0.492 e. The Bertz CT molecular complexity index is 1080. The van der Waals surface area contributed by atoms with Crippen molar-refractivity contribution >= 4 is 28.9 Å². The monoisotopic (exact) mass is 476 g/mol. The normalized spacial score (nSPS) is 14.9. The zero-order valence-electron chi connectivity index (χ0n) is 18.9. The van der Waals surface area contributed by atoms with Crippen molar-refractivity contribution in [3.05, 3.63) is 90.0 Å². The third-order valence-corrected chi connectivity index (χ3v) is 5.63. The van der Waals surface area contributed by atoms with E-state index in [1.165, 1.54) is 5.56 Å². The van der Waals surface area contributed by atoms with Gasteiger partial charge in [-0.05, 0) is 67.0 Å². The van der Waals surface area contributed by atoms with Gasteiger partial charge in [0.05, 0.1) is 18.3 Å². The van der Waals surface area contributed by atoms with Crippen molar-refractivity contribution in [3.8, 4) is 11.5 Å². The van der Waals surface area contributed by atoms with E-state index in [0.717, 1.165) is 37.3 Å². The van der Waals surface area contributed by atoms with Crippen LogP contribution in [0.2, 0.25) is 0 Å². The Morgan fingerprint density at radius 2 is 1.74 bits per heavy atom. The van der Waals surface area contributed by atoms with Crippen LogP contribution in [0, 0.1) is 0 Å². The van der Waals surface area contributed by atoms with E-state index < -0.39 is 0 Å². The van der Waals surface area contributed by atoms with Gasteiger partial charge >= 0.3 is 0 Å². The molecular formula is C27H28N2O4S. The summed E-state index contributed by atoms with van der Waals surface area (Å²) in [7, 11) is 0. The lowest BCUT2D eigenvalue weighted by molar-refractivity contribution is 0.0679. The molecule has 0 aliphatic carbocycles. The lowest BCUT2D eigenvalue weighted by Crippen LogP contribution is -2.34. The van der Waals surface area contributed by atoms with Crippen LogP contribution in [-0.4, -0.2) is 36.9 Å². The zero-order valence-corrected chi connectivity index (χ0v) is 19.7. The van der Waals surface area contributed by atoms with Crippen LogP contribution in [-0.2, 0) is 11.2 Å². The van der Waals surface area contributed by atoms with E-state index in [4.69, 9.17) is 26.4 Å². The summed E-state index contributed by atoms with van der Waals surface area (Å²) in [5.41, 5.74) is 2.36. The second kappa shape index (κ2) is 12.2. The van der Waals surface area contributed by atoms with Crippen LogP contribution in [0.1, 0.15) is 28.8 Å². The van der Waals surface area contributed by atoms with E-state index >= 15 is 0 Å². The molecule has 0 aromatic heterocycles. The predicted octanol–water partition coefficient (Wildman–Crippen LogP) is 4.99. The maximum absolute atomic E-state index is 12.8. The molecule has 176 valence electrons. The summed E-state index contributed by atoms with van der Waals surface area (Å²) in [6.45, 7) is 1.83. The van der Waals surface area contributed by atoms with Gasteiger partial charge in [-0.3, -0.25) is 10.1 Å². The number of carbonyl (C=O) groups excluding carboxylic acids is 1. The molecule has 1 amide bonds. The summed E-state index contributed by atoms with van der Waals surface area (Å²) < 4.78 is 17.2. The number of anilines is 1. The van der Waals surface area contributed by atoms with Gasteiger partial charge in [-0.15, -0.1) is 0 Å². The summed E-state index contributed by atoms with van der Waals surface area (Å²) in [4.78, 5) is 12.8. The molecule has 0 saturated carbocycles. The van der Waals surface area contributed by atoms with Crippen LogP contribution in [0.4, 0.5) is 5.69 Å². The molecule has 6 nitrogen and oxygen atoms in total. The Kier molecular flexibility index (Phi) is 8.48. The number of thiocarbonyl (C=S) groups is 1. The minimum Gasteiger partial charge on any atom is -0.492 e. The highest BCUT2D eigenvalue weighted by molar-refractivity contribution is 7.80. The zero-order chi connectivity index (χ0) is 23.6. The first-order valence-corrected chi connectivity index (χ1v) is 11.8. The van der Waals surface area contributed by atoms with Crippen LogP contribution >= 0.6 is 12.2 Å². The third-order valence-electron chi connectivity index (χ3n) is 5.42. The van der Waals surface area contributed by atoms with Crippen molar-refractivity contribution in [1.29, 1.82) is 0 Å². The molecule has 4 rings (SSSR count). The fourth-order valence-electron chi connectivity index (χ4n) is 3.64. The lowest BCUT2D eigenvalue weighted by atomic mass is 10.1. The fourth-order valence-corrected chi connectivity index (χ4v) is 3.85. The summed E-state index contributed by atoms with van der Waals surface area (Å²) in [6.07, 6.45) is 3.05. The topological polar surface area (TPSA) is 68.8 Å². The second-order valence-corrected chi connectivity index (χ2v) is 8.37. The molecule has 0 spiro atoms. The van der Waals surface area contributed by atoms with Crippen LogP contribution in [0.25, 0.3) is 0 Å². The highest BCUT2D eigenvalue weighted by Gasteiger charge is 2.16.